The molecule has 258 valence electrons. The minimum atomic E-state index is -0.367. The average Bonchev–Trinajstić information content (AvgIpc) is 3.76. The first-order valence-corrected chi connectivity index (χ1v) is 17.4. The Labute approximate surface area is 299 Å². The molecule has 0 saturated carbocycles. The second-order valence-electron chi connectivity index (χ2n) is 14.1. The predicted molar refractivity (Wildman–Crippen MR) is 213 cm³/mol. The van der Waals surface area contributed by atoms with Gasteiger partial charge in [0, 0.05) is 41.9 Å². The van der Waals surface area contributed by atoms with Crippen molar-refractivity contribution in [1.82, 2.24) is 19.9 Å². The highest BCUT2D eigenvalue weighted by Crippen LogP contribution is 2.43. The Hall–Kier alpha value is -5.69. The molecule has 7 rings (SSSR count). The molecule has 8 bridgehead atoms. The number of carbonyl (C=O) groups is 1. The number of nitrogens with one attached hydrogen (secondary N) is 2. The molecule has 7 heteroatoms. The maximum Gasteiger partial charge on any atom is 0.337 e. The lowest BCUT2D eigenvalue weighted by atomic mass is 9.94. The van der Waals surface area contributed by atoms with Gasteiger partial charge in [-0.05, 0) is 147 Å². The van der Waals surface area contributed by atoms with Crippen molar-refractivity contribution in [3.05, 3.63) is 111 Å². The number of hydrogen-bond donors (Lipinski definition) is 2. The topological polar surface area (TPSA) is 86.9 Å². The zero-order chi connectivity index (χ0) is 36.5. The molecule has 0 saturated heterocycles. The van der Waals surface area contributed by atoms with Gasteiger partial charge in [-0.3, -0.25) is 0 Å². The first-order valence-electron chi connectivity index (χ1n) is 17.4. The van der Waals surface area contributed by atoms with Gasteiger partial charge < -0.3 is 19.6 Å². The van der Waals surface area contributed by atoms with Gasteiger partial charge in [0.1, 0.15) is 0 Å². The van der Waals surface area contributed by atoms with Crippen LogP contribution in [0.5, 0.6) is 0 Å². The van der Waals surface area contributed by atoms with Crippen molar-refractivity contribution in [2.75, 3.05) is 26.1 Å². The molecule has 0 aliphatic carbocycles. The minimum Gasteiger partial charge on any atom is -0.465 e. The summed E-state index contributed by atoms with van der Waals surface area (Å²) in [5.74, 6) is -0.367. The van der Waals surface area contributed by atoms with E-state index in [1.165, 1.54) is 29.4 Å². The van der Waals surface area contributed by atoms with Gasteiger partial charge in [-0.25, -0.2) is 14.8 Å². The molecule has 0 amide bonds. The van der Waals surface area contributed by atoms with Crippen molar-refractivity contribution >= 4 is 56.0 Å². The molecule has 0 radical (unpaired) electrons. The Kier molecular flexibility index (Phi) is 8.33. The van der Waals surface area contributed by atoms with E-state index in [1.54, 1.807) is 0 Å². The van der Waals surface area contributed by atoms with Crippen molar-refractivity contribution in [3.8, 4) is 22.3 Å². The summed E-state index contributed by atoms with van der Waals surface area (Å²) in [4.78, 5) is 32.9. The number of carbonyl (C=O) groups excluding carboxylic acids is 1. The normalized spacial score (nSPS) is 12.9. The van der Waals surface area contributed by atoms with Gasteiger partial charge in [-0.2, -0.15) is 0 Å². The fourth-order valence-electron chi connectivity index (χ4n) is 7.19. The smallest absolute Gasteiger partial charge is 0.337 e. The summed E-state index contributed by atoms with van der Waals surface area (Å²) < 4.78 is 4.99. The van der Waals surface area contributed by atoms with Gasteiger partial charge in [-0.15, -0.1) is 0 Å². The van der Waals surface area contributed by atoms with E-state index in [1.807, 2.05) is 24.3 Å². The number of methoxy groups -OCH3 is 1. The van der Waals surface area contributed by atoms with E-state index >= 15 is 0 Å². The maximum absolute atomic E-state index is 12.3. The van der Waals surface area contributed by atoms with E-state index in [-0.39, 0.29) is 5.97 Å². The zero-order valence-corrected chi connectivity index (χ0v) is 31.4. The summed E-state index contributed by atoms with van der Waals surface area (Å²) in [7, 11) is 5.53. The maximum atomic E-state index is 12.3. The highest BCUT2D eigenvalue weighted by Gasteiger charge is 2.25. The first-order chi connectivity index (χ1) is 24.3. The fourth-order valence-corrected chi connectivity index (χ4v) is 7.19. The number of esters is 1. The number of ether oxygens (including phenoxy) is 1. The molecule has 3 aromatic heterocycles. The van der Waals surface area contributed by atoms with Crippen LogP contribution in [0.4, 0.5) is 5.69 Å². The molecule has 0 unspecified atom stereocenters. The molecular formula is C44H45N5O2. The number of anilines is 1. The van der Waals surface area contributed by atoms with E-state index in [4.69, 9.17) is 14.7 Å². The van der Waals surface area contributed by atoms with E-state index in [9.17, 15) is 4.79 Å². The lowest BCUT2D eigenvalue weighted by molar-refractivity contribution is 0.0600. The monoisotopic (exact) mass is 675 g/mol. The van der Waals surface area contributed by atoms with Crippen LogP contribution in [0.2, 0.25) is 0 Å². The first kappa shape index (κ1) is 33.8. The van der Waals surface area contributed by atoms with Crippen LogP contribution >= 0.6 is 0 Å². The summed E-state index contributed by atoms with van der Waals surface area (Å²) in [6.45, 7) is 17.3. The van der Waals surface area contributed by atoms with Crippen LogP contribution in [0.15, 0.2) is 60.7 Å². The van der Waals surface area contributed by atoms with Gasteiger partial charge in [0.25, 0.3) is 0 Å². The predicted octanol–water partition coefficient (Wildman–Crippen LogP) is 10.6. The number of hydrogen-bond acceptors (Lipinski definition) is 5. The number of H-pyrrole nitrogens is 2. The lowest BCUT2D eigenvalue weighted by Crippen LogP contribution is -2.07. The van der Waals surface area contributed by atoms with Crippen LogP contribution in [-0.2, 0) is 4.74 Å². The number of benzene rings is 2. The summed E-state index contributed by atoms with van der Waals surface area (Å²) >= 11 is 0. The molecule has 0 fully saturated rings. The average molecular weight is 676 g/mol. The van der Waals surface area contributed by atoms with Crippen molar-refractivity contribution < 1.29 is 9.53 Å². The minimum absolute atomic E-state index is 0.367. The molecule has 0 atom stereocenters. The molecule has 51 heavy (non-hydrogen) atoms. The lowest BCUT2D eigenvalue weighted by Gasteiger charge is -2.13. The summed E-state index contributed by atoms with van der Waals surface area (Å²) in [5, 5.41) is 0. The van der Waals surface area contributed by atoms with Crippen molar-refractivity contribution in [2.24, 2.45) is 0 Å². The van der Waals surface area contributed by atoms with Crippen LogP contribution < -0.4 is 4.90 Å². The molecule has 2 aliphatic rings. The molecule has 5 aromatic rings. The summed E-state index contributed by atoms with van der Waals surface area (Å²) in [6.07, 6.45) is 0. The van der Waals surface area contributed by atoms with Gasteiger partial charge >= 0.3 is 5.97 Å². The van der Waals surface area contributed by atoms with E-state index in [0.29, 0.717) is 5.56 Å². The van der Waals surface area contributed by atoms with Gasteiger partial charge in [0.15, 0.2) is 0 Å². The number of aromatic nitrogens is 4. The Bertz CT molecular complexity index is 2390. The number of aromatic amines is 2. The van der Waals surface area contributed by atoms with Crippen LogP contribution in [-0.4, -0.2) is 47.1 Å². The van der Waals surface area contributed by atoms with Crippen LogP contribution in [0.3, 0.4) is 0 Å². The molecule has 2 aromatic carbocycles. The van der Waals surface area contributed by atoms with Crippen LogP contribution in [0, 0.1) is 27.7 Å². The molecule has 2 aliphatic heterocycles. The van der Waals surface area contributed by atoms with Crippen molar-refractivity contribution in [1.29, 1.82) is 0 Å². The third-order valence-electron chi connectivity index (χ3n) is 11.1. The quantitative estimate of drug-likeness (QED) is 0.185. The van der Waals surface area contributed by atoms with E-state index in [2.05, 4.69) is 121 Å². The third-order valence-corrected chi connectivity index (χ3v) is 11.1. The standard InChI is InChI=1S/C44H45N5O2/c1-22-26(5)40-38(30-12-14-32(15-13-30)44(50)51-11)41-27(6)23(2)35(46-41)21-37-25(4)29(8)43(48-37)39(31-16-18-33(19-17-31)49(9)10)42-28(7)24(3)36(47-42)20-34(22)45-40/h12-21,47-48H,1-11H3. The fraction of sp³-hybridized carbons (Fsp3) is 0.250. The van der Waals surface area contributed by atoms with Crippen molar-refractivity contribution in [3.63, 3.8) is 0 Å². The van der Waals surface area contributed by atoms with Gasteiger partial charge in [0.2, 0.25) is 0 Å². The highest BCUT2D eigenvalue weighted by molar-refractivity contribution is 6.03. The zero-order valence-electron chi connectivity index (χ0n) is 31.4. The SMILES string of the molecule is COC(=O)c1ccc(-c2c3nc(cc4[nH]c(c(C)c4C)c(-c4ccc(N(C)C)cc4)c4[nH]c(cc5nc2C(C)=C5C)c(C)c4C)C(C)=C3C)cc1. The van der Waals surface area contributed by atoms with Gasteiger partial charge in [-0.1, -0.05) is 24.3 Å². The summed E-state index contributed by atoms with van der Waals surface area (Å²) in [5.41, 5.74) is 22.8. The van der Waals surface area contributed by atoms with E-state index < -0.39 is 0 Å². The van der Waals surface area contributed by atoms with Crippen LogP contribution in [0.1, 0.15) is 83.1 Å². The molecule has 2 N–H and O–H groups in total. The van der Waals surface area contributed by atoms with E-state index in [0.717, 1.165) is 95.1 Å². The second-order valence-corrected chi connectivity index (χ2v) is 14.1. The number of allylic oxidation sites excluding steroid dienone is 4. The summed E-state index contributed by atoms with van der Waals surface area (Å²) in [6, 6.07) is 20.7. The molecule has 0 spiro atoms. The highest BCUT2D eigenvalue weighted by atomic mass is 16.5. The Morgan fingerprint density at radius 3 is 1.45 bits per heavy atom. The number of rotatable bonds is 4. The number of aryl methyl sites for hydroxylation is 4. The third kappa shape index (κ3) is 5.48. The van der Waals surface area contributed by atoms with Gasteiger partial charge in [0.05, 0.1) is 46.5 Å². The van der Waals surface area contributed by atoms with Crippen LogP contribution in [0.25, 0.3) is 66.6 Å². The molecule has 7 nitrogen and oxygen atoms in total. The Morgan fingerprint density at radius 1 is 0.588 bits per heavy atom. The largest absolute Gasteiger partial charge is 0.465 e. The number of nitrogens with zero attached hydrogens (tertiary/aromatic N) is 3. The van der Waals surface area contributed by atoms with Crippen molar-refractivity contribution in [2.45, 2.75) is 55.4 Å². The molecular weight excluding hydrogens is 631 g/mol. The second kappa shape index (κ2) is 12.6. The molecule has 5 heterocycles. The Balaban J connectivity index is 1.66. The Morgan fingerprint density at radius 2 is 1.02 bits per heavy atom. The number of fused-ring (bicyclic) bond motifs is 8.